The fourth-order valence-corrected chi connectivity index (χ4v) is 4.40. The third-order valence-electron chi connectivity index (χ3n) is 6.36. The van der Waals surface area contributed by atoms with E-state index in [2.05, 4.69) is 73.7 Å². The molecular weight excluding hydrogens is 500 g/mol. The lowest BCUT2D eigenvalue weighted by Crippen LogP contribution is -2.47. The Morgan fingerprint density at radius 1 is 0.615 bits per heavy atom. The van der Waals surface area contributed by atoms with E-state index in [-0.39, 0.29) is 11.0 Å². The summed E-state index contributed by atoms with van der Waals surface area (Å²) in [6.45, 7) is 3.23. The molecule has 0 saturated carbocycles. The standard InChI is InChI=1S/C20H14N4.C10H26N4.Si/c1-2-14-10-16-5-6-18(23-16)12-20-8-7-19(24-20)11-17-4-3-15(22-17)9-13(1)21-14;1-2-3-4-5-6-7-8-9-10-12-14-13-11;/h1-12,21-22H;12-14H,2-11H2,1H3;. The maximum absolute atomic E-state index is 5.01. The van der Waals surface area contributed by atoms with Crippen LogP contribution in [0.1, 0.15) is 81.1 Å². The van der Waals surface area contributed by atoms with Gasteiger partial charge in [0.25, 0.3) is 0 Å². The number of aromatic nitrogens is 4. The molecule has 9 heteroatoms. The Balaban J connectivity index is 0.000000245. The van der Waals surface area contributed by atoms with Gasteiger partial charge in [-0.25, -0.2) is 15.4 Å². The number of fused-ring (bicyclic) bond motifs is 8. The Kier molecular flexibility index (Phi) is 12.8. The second-order valence-corrected chi connectivity index (χ2v) is 9.58. The molecule has 8 nitrogen and oxygen atoms in total. The van der Waals surface area contributed by atoms with Crippen LogP contribution in [0.15, 0.2) is 48.5 Å². The van der Waals surface area contributed by atoms with E-state index >= 15 is 0 Å². The van der Waals surface area contributed by atoms with Gasteiger partial charge >= 0.3 is 0 Å². The highest BCUT2D eigenvalue weighted by Crippen LogP contribution is 2.17. The minimum Gasteiger partial charge on any atom is -0.355 e. The molecule has 0 unspecified atom stereocenters. The average molecular weight is 541 g/mol. The molecule has 3 aromatic rings. The number of nitrogens with one attached hydrogen (secondary N) is 5. The van der Waals surface area contributed by atoms with E-state index in [1.54, 1.807) is 0 Å². The highest BCUT2D eigenvalue weighted by molar-refractivity contribution is 5.77. The second kappa shape index (κ2) is 16.6. The van der Waals surface area contributed by atoms with Crippen LogP contribution in [0.2, 0.25) is 0 Å². The molecule has 2 aliphatic rings. The number of nitrogens with zero attached hydrogens (tertiary/aromatic N) is 2. The zero-order chi connectivity index (χ0) is 26.4. The van der Waals surface area contributed by atoms with Crippen LogP contribution in [0.3, 0.4) is 0 Å². The molecule has 0 aromatic carbocycles. The van der Waals surface area contributed by atoms with Gasteiger partial charge in [-0.05, 0) is 79.3 Å². The van der Waals surface area contributed by atoms with Gasteiger partial charge in [-0.2, -0.15) is 11.1 Å². The molecule has 204 valence electrons. The predicted octanol–water partition coefficient (Wildman–Crippen LogP) is 5.87. The molecular formula is C30H40N8Si. The lowest BCUT2D eigenvalue weighted by Gasteiger charge is -2.04. The molecule has 0 saturated heterocycles. The van der Waals surface area contributed by atoms with Crippen LogP contribution in [0.5, 0.6) is 0 Å². The number of nitrogens with two attached hydrogens (primary N) is 1. The summed E-state index contributed by atoms with van der Waals surface area (Å²) in [4.78, 5) is 16.0. The molecule has 4 radical (unpaired) electrons. The van der Waals surface area contributed by atoms with Crippen molar-refractivity contribution in [3.63, 3.8) is 0 Å². The van der Waals surface area contributed by atoms with Gasteiger partial charge in [-0.15, -0.1) is 0 Å². The van der Waals surface area contributed by atoms with Crippen molar-refractivity contribution in [1.29, 1.82) is 0 Å². The first kappa shape index (κ1) is 30.2. The zero-order valence-electron chi connectivity index (χ0n) is 22.8. The minimum absolute atomic E-state index is 0. The van der Waals surface area contributed by atoms with Crippen LogP contribution in [0.25, 0.3) is 46.4 Å². The van der Waals surface area contributed by atoms with Gasteiger partial charge in [0, 0.05) is 39.6 Å². The van der Waals surface area contributed by atoms with Crippen molar-refractivity contribution in [1.82, 2.24) is 36.4 Å². The van der Waals surface area contributed by atoms with Gasteiger partial charge in [-0.3, -0.25) is 5.84 Å². The number of unbranched alkanes of at least 4 members (excludes halogenated alkanes) is 7. The fourth-order valence-electron chi connectivity index (χ4n) is 4.40. The zero-order valence-corrected chi connectivity index (χ0v) is 23.8. The van der Waals surface area contributed by atoms with Gasteiger partial charge in [0.05, 0.1) is 22.8 Å². The predicted molar refractivity (Wildman–Crippen MR) is 166 cm³/mol. The summed E-state index contributed by atoms with van der Waals surface area (Å²) in [6, 6.07) is 16.4. The van der Waals surface area contributed by atoms with E-state index in [1.807, 2.05) is 42.5 Å². The molecule has 5 rings (SSSR count). The normalized spacial score (nSPS) is 11.6. The molecule has 39 heavy (non-hydrogen) atoms. The first-order valence-electron chi connectivity index (χ1n) is 13.7. The van der Waals surface area contributed by atoms with Crippen LogP contribution in [-0.2, 0) is 0 Å². The molecule has 0 atom stereocenters. The van der Waals surface area contributed by atoms with Gasteiger partial charge in [-0.1, -0.05) is 51.9 Å². The quantitative estimate of drug-likeness (QED) is 0.0539. The maximum Gasteiger partial charge on any atom is 0.0659 e. The Labute approximate surface area is 235 Å². The lowest BCUT2D eigenvalue weighted by atomic mass is 10.1. The number of rotatable bonds is 11. The van der Waals surface area contributed by atoms with Gasteiger partial charge in [0.2, 0.25) is 0 Å². The average Bonchev–Trinajstić information content (AvgIpc) is 3.72. The fraction of sp³-hybridized carbons (Fsp3) is 0.333. The third kappa shape index (κ3) is 10.4. The summed E-state index contributed by atoms with van der Waals surface area (Å²) < 4.78 is 0. The minimum atomic E-state index is 0. The smallest absolute Gasteiger partial charge is 0.0659 e. The van der Waals surface area contributed by atoms with Crippen molar-refractivity contribution < 1.29 is 0 Å². The summed E-state index contributed by atoms with van der Waals surface area (Å²) in [5.41, 5.74) is 15.8. The largest absolute Gasteiger partial charge is 0.355 e. The van der Waals surface area contributed by atoms with Gasteiger partial charge in [0.1, 0.15) is 0 Å². The summed E-state index contributed by atoms with van der Waals surface area (Å²) >= 11 is 0. The van der Waals surface area contributed by atoms with E-state index in [0.29, 0.717) is 0 Å². The summed E-state index contributed by atoms with van der Waals surface area (Å²) in [6.07, 6.45) is 18.9. The Morgan fingerprint density at radius 2 is 1.05 bits per heavy atom. The van der Waals surface area contributed by atoms with Crippen LogP contribution in [0, 0.1) is 0 Å². The van der Waals surface area contributed by atoms with Gasteiger partial charge < -0.3 is 9.97 Å². The van der Waals surface area contributed by atoms with Crippen LogP contribution >= 0.6 is 0 Å². The van der Waals surface area contributed by atoms with Crippen LogP contribution in [-0.4, -0.2) is 37.4 Å². The number of hydrogen-bond donors (Lipinski definition) is 6. The molecule has 3 aromatic heterocycles. The number of aromatic amines is 2. The molecule has 0 amide bonds. The number of H-pyrrole nitrogens is 2. The van der Waals surface area contributed by atoms with Crippen LogP contribution in [0.4, 0.5) is 0 Å². The second-order valence-electron chi connectivity index (χ2n) is 9.58. The van der Waals surface area contributed by atoms with Crippen molar-refractivity contribution >= 4 is 57.3 Å². The molecule has 2 aliphatic heterocycles. The maximum atomic E-state index is 5.01. The van der Waals surface area contributed by atoms with E-state index in [1.165, 1.54) is 51.4 Å². The highest BCUT2D eigenvalue weighted by atomic mass is 28.1. The summed E-state index contributed by atoms with van der Waals surface area (Å²) in [5.74, 6) is 5.01. The van der Waals surface area contributed by atoms with E-state index in [9.17, 15) is 0 Å². The lowest BCUT2D eigenvalue weighted by molar-refractivity contribution is 0.431. The van der Waals surface area contributed by atoms with Crippen molar-refractivity contribution in [3.05, 3.63) is 71.3 Å². The summed E-state index contributed by atoms with van der Waals surface area (Å²) in [7, 11) is 0. The van der Waals surface area contributed by atoms with Crippen molar-refractivity contribution in [2.24, 2.45) is 5.84 Å². The molecule has 8 bridgehead atoms. The highest BCUT2D eigenvalue weighted by Gasteiger charge is 2.02. The Morgan fingerprint density at radius 3 is 1.54 bits per heavy atom. The first-order chi connectivity index (χ1) is 18.7. The first-order valence-corrected chi connectivity index (χ1v) is 13.7. The molecule has 0 spiro atoms. The third-order valence-corrected chi connectivity index (χ3v) is 6.36. The van der Waals surface area contributed by atoms with Crippen molar-refractivity contribution in [2.45, 2.75) is 58.3 Å². The van der Waals surface area contributed by atoms with Crippen molar-refractivity contribution in [2.75, 3.05) is 6.54 Å². The topological polar surface area (TPSA) is 119 Å². The molecule has 5 heterocycles. The van der Waals surface area contributed by atoms with E-state index < -0.39 is 0 Å². The molecule has 0 fully saturated rings. The SMILES string of the molecule is C1=Cc2cc3ccc(cc4ccc(cc5nc(cc1n2)C=C5)[nH]4)[nH]3.CCCCCCCCCCNNNN.[Si]. The Hall–Kier alpha value is -3.34. The molecule has 0 aliphatic carbocycles. The Bertz CT molecular complexity index is 1270. The molecule has 7 N–H and O–H groups in total. The van der Waals surface area contributed by atoms with E-state index in [0.717, 1.165) is 51.4 Å². The van der Waals surface area contributed by atoms with Crippen molar-refractivity contribution in [3.8, 4) is 0 Å². The van der Waals surface area contributed by atoms with Crippen LogP contribution < -0.4 is 22.3 Å². The van der Waals surface area contributed by atoms with E-state index in [4.69, 9.17) is 5.84 Å². The van der Waals surface area contributed by atoms with Gasteiger partial charge in [0.15, 0.2) is 0 Å². The number of hydrazine groups is 3. The monoisotopic (exact) mass is 540 g/mol. The summed E-state index contributed by atoms with van der Waals surface area (Å²) in [5, 5.41) is 0. The number of hydrogen-bond acceptors (Lipinski definition) is 6.